The lowest BCUT2D eigenvalue weighted by Gasteiger charge is -2.30. The zero-order valence-corrected chi connectivity index (χ0v) is 21.6. The number of likely N-dealkylation sites (tertiary alicyclic amines) is 1. The van der Waals surface area contributed by atoms with Gasteiger partial charge in [0, 0.05) is 6.20 Å². The average molecular weight is 529 g/mol. The van der Waals surface area contributed by atoms with E-state index in [1.54, 1.807) is 10.6 Å². The molecular weight excluding hydrogens is 504 g/mol. The zero-order chi connectivity index (χ0) is 25.0. The molecule has 182 valence electrons. The van der Waals surface area contributed by atoms with Crippen molar-refractivity contribution in [2.24, 2.45) is 5.41 Å². The first-order valence-electron chi connectivity index (χ1n) is 11.5. The molecule has 0 amide bonds. The molecule has 0 spiro atoms. The Balaban J connectivity index is 1.56. The van der Waals surface area contributed by atoms with Crippen LogP contribution in [0.25, 0.3) is 5.52 Å². The first-order chi connectivity index (χ1) is 16.7. The number of halogens is 1. The van der Waals surface area contributed by atoms with Gasteiger partial charge in [-0.25, -0.2) is 13.9 Å². The number of nitrogens with one attached hydrogen (secondary N) is 3. The molecule has 2 aromatic rings. The maximum atomic E-state index is 13.3. The van der Waals surface area contributed by atoms with Crippen LogP contribution in [0.1, 0.15) is 55.8 Å². The summed E-state index contributed by atoms with van der Waals surface area (Å²) < 4.78 is 17.9. The number of imidazole rings is 1. The summed E-state index contributed by atoms with van der Waals surface area (Å²) in [5.41, 5.74) is 0.0623. The third-order valence-corrected chi connectivity index (χ3v) is 9.60. The quantitative estimate of drug-likeness (QED) is 0.384. The van der Waals surface area contributed by atoms with Crippen LogP contribution in [0.15, 0.2) is 17.2 Å². The van der Waals surface area contributed by atoms with Gasteiger partial charge in [0.15, 0.2) is 11.0 Å². The first kappa shape index (κ1) is 24.4. The molecule has 2 aromatic heterocycles. The van der Waals surface area contributed by atoms with Crippen LogP contribution in [-0.4, -0.2) is 54.3 Å². The lowest BCUT2D eigenvalue weighted by Crippen LogP contribution is -2.32. The van der Waals surface area contributed by atoms with Crippen molar-refractivity contribution in [2.75, 3.05) is 20.1 Å². The van der Waals surface area contributed by atoms with E-state index in [2.05, 4.69) is 33.8 Å². The lowest BCUT2D eigenvalue weighted by atomic mass is 9.89. The summed E-state index contributed by atoms with van der Waals surface area (Å²) in [6.07, 6.45) is 6.06. The molecule has 1 atom stereocenters. The van der Waals surface area contributed by atoms with Crippen molar-refractivity contribution in [3.63, 3.8) is 0 Å². The summed E-state index contributed by atoms with van der Waals surface area (Å²) in [5.74, 6) is 0.440. The van der Waals surface area contributed by atoms with Gasteiger partial charge in [0.2, 0.25) is 0 Å². The molecule has 2 saturated carbocycles. The smallest absolute Gasteiger partial charge is 0.171 e. The molecular formula is C23H25ClN8OS2. The van der Waals surface area contributed by atoms with Gasteiger partial charge in [0.1, 0.15) is 27.0 Å². The Kier molecular flexibility index (Phi) is 6.27. The molecule has 35 heavy (non-hydrogen) atoms. The van der Waals surface area contributed by atoms with E-state index in [4.69, 9.17) is 22.4 Å². The van der Waals surface area contributed by atoms with E-state index in [0.29, 0.717) is 36.1 Å². The van der Waals surface area contributed by atoms with Crippen molar-refractivity contribution in [1.29, 1.82) is 21.3 Å². The summed E-state index contributed by atoms with van der Waals surface area (Å²) in [5, 5.41) is 36.3. The summed E-state index contributed by atoms with van der Waals surface area (Å²) in [6.45, 7) is 1.86. The summed E-state index contributed by atoms with van der Waals surface area (Å²) >= 11 is 7.54. The second-order valence-electron chi connectivity index (χ2n) is 9.67. The van der Waals surface area contributed by atoms with Gasteiger partial charge in [0.25, 0.3) is 0 Å². The average Bonchev–Trinajstić information content (AvgIpc) is 3.77. The van der Waals surface area contributed by atoms with Crippen LogP contribution < -0.4 is 4.72 Å². The number of pyridine rings is 1. The first-order valence-corrected chi connectivity index (χ1v) is 13.8. The van der Waals surface area contributed by atoms with Crippen LogP contribution in [0.3, 0.4) is 0 Å². The van der Waals surface area contributed by atoms with Gasteiger partial charge in [-0.05, 0) is 76.2 Å². The van der Waals surface area contributed by atoms with Crippen LogP contribution in [0.4, 0.5) is 0 Å². The van der Waals surface area contributed by atoms with E-state index >= 15 is 0 Å². The van der Waals surface area contributed by atoms with Crippen LogP contribution in [-0.2, 0) is 11.0 Å². The van der Waals surface area contributed by atoms with E-state index in [9.17, 15) is 14.7 Å². The minimum absolute atomic E-state index is 0.0133. The molecule has 0 aromatic carbocycles. The van der Waals surface area contributed by atoms with Crippen molar-refractivity contribution in [2.45, 2.75) is 54.9 Å². The van der Waals surface area contributed by atoms with Gasteiger partial charge in [-0.1, -0.05) is 23.4 Å². The fourth-order valence-corrected chi connectivity index (χ4v) is 6.75. The molecule has 1 aliphatic heterocycles. The summed E-state index contributed by atoms with van der Waals surface area (Å²) in [7, 11) is 0.453. The molecule has 3 N–H and O–H groups in total. The minimum Gasteiger partial charge on any atom is -0.306 e. The predicted octanol–water partition coefficient (Wildman–Crippen LogP) is 3.80. The Bertz CT molecular complexity index is 1340. The van der Waals surface area contributed by atoms with E-state index in [1.165, 1.54) is 0 Å². The van der Waals surface area contributed by atoms with Gasteiger partial charge in [-0.15, -0.1) is 0 Å². The number of nitrogens with zero attached hydrogens (tertiary/aromatic N) is 5. The Labute approximate surface area is 215 Å². The number of hydrogen-bond donors (Lipinski definition) is 3. The maximum Gasteiger partial charge on any atom is 0.171 e. The molecule has 3 heterocycles. The zero-order valence-electron chi connectivity index (χ0n) is 19.2. The SMILES string of the molecule is CN1CCC(c2cc(S(=O)NC3(C#N)CC3)cn3c(C(=N)SC(=N)C4(C#N)CC4)nc(Cl)c23)CC1. The minimum atomic E-state index is -1.63. The molecule has 0 bridgehead atoms. The molecule has 1 saturated heterocycles. The number of nitriles is 2. The van der Waals surface area contributed by atoms with Crippen molar-refractivity contribution in [3.8, 4) is 12.1 Å². The number of fused-ring (bicyclic) bond motifs is 1. The second-order valence-corrected chi connectivity index (χ2v) is 12.3. The highest BCUT2D eigenvalue weighted by molar-refractivity contribution is 8.26. The number of piperidine rings is 1. The molecule has 3 aliphatic rings. The van der Waals surface area contributed by atoms with Gasteiger partial charge in [-0.3, -0.25) is 15.2 Å². The van der Waals surface area contributed by atoms with E-state index in [1.807, 2.05) is 6.07 Å². The molecule has 0 radical (unpaired) electrons. The van der Waals surface area contributed by atoms with Crippen molar-refractivity contribution >= 4 is 50.0 Å². The third-order valence-electron chi connectivity index (χ3n) is 7.13. The highest BCUT2D eigenvalue weighted by Gasteiger charge is 2.48. The van der Waals surface area contributed by atoms with E-state index in [-0.39, 0.29) is 27.0 Å². The summed E-state index contributed by atoms with van der Waals surface area (Å²) in [6, 6.07) is 6.30. The standard InChI is InChI=1S/C23H25ClN8OS2/c1-31-8-2-14(3-9-31)16-10-15(35(33)30-23(13-26)6-7-23)11-32-17(16)18(24)29-20(32)19(27)34-21(28)22(12-25)4-5-22/h10-11,14,27-28,30H,2-9H2,1H3. The third kappa shape index (κ3) is 4.52. The van der Waals surface area contributed by atoms with Crippen LogP contribution in [0, 0.1) is 38.9 Å². The maximum absolute atomic E-state index is 13.3. The molecule has 1 unspecified atom stereocenters. The number of thioether (sulfide) groups is 1. The monoisotopic (exact) mass is 528 g/mol. The van der Waals surface area contributed by atoms with Gasteiger partial charge in [0.05, 0.1) is 27.6 Å². The van der Waals surface area contributed by atoms with Gasteiger partial charge < -0.3 is 4.90 Å². The topological polar surface area (TPSA) is 145 Å². The molecule has 3 fully saturated rings. The van der Waals surface area contributed by atoms with E-state index < -0.39 is 21.9 Å². The molecule has 12 heteroatoms. The number of rotatable bonds is 6. The molecule has 9 nitrogen and oxygen atoms in total. The highest BCUT2D eigenvalue weighted by Crippen LogP contribution is 2.49. The predicted molar refractivity (Wildman–Crippen MR) is 136 cm³/mol. The number of aromatic nitrogens is 2. The van der Waals surface area contributed by atoms with Crippen molar-refractivity contribution in [3.05, 3.63) is 28.8 Å². The lowest BCUT2D eigenvalue weighted by molar-refractivity contribution is 0.255. The van der Waals surface area contributed by atoms with E-state index in [0.717, 1.165) is 43.3 Å². The van der Waals surface area contributed by atoms with Gasteiger partial charge >= 0.3 is 0 Å². The molecule has 5 rings (SSSR count). The van der Waals surface area contributed by atoms with Crippen molar-refractivity contribution in [1.82, 2.24) is 19.0 Å². The van der Waals surface area contributed by atoms with Crippen molar-refractivity contribution < 1.29 is 4.21 Å². The normalized spacial score (nSPS) is 21.7. The highest BCUT2D eigenvalue weighted by atomic mass is 35.5. The molecule has 2 aliphatic carbocycles. The van der Waals surface area contributed by atoms with Crippen LogP contribution >= 0.6 is 23.4 Å². The fourth-order valence-electron chi connectivity index (χ4n) is 4.43. The van der Waals surface area contributed by atoms with Crippen LogP contribution in [0.5, 0.6) is 0 Å². The Morgan fingerprint density at radius 3 is 2.51 bits per heavy atom. The largest absolute Gasteiger partial charge is 0.306 e. The Morgan fingerprint density at radius 2 is 1.94 bits per heavy atom. The second kappa shape index (κ2) is 8.99. The number of hydrogen-bond acceptors (Lipinski definition) is 8. The Morgan fingerprint density at radius 1 is 1.26 bits per heavy atom. The summed E-state index contributed by atoms with van der Waals surface area (Å²) in [4.78, 5) is 7.23. The fraction of sp³-hybridized carbons (Fsp3) is 0.522. The van der Waals surface area contributed by atoms with Gasteiger partial charge in [-0.2, -0.15) is 10.5 Å². The Hall–Kier alpha value is -2.28. The van der Waals surface area contributed by atoms with Crippen LogP contribution in [0.2, 0.25) is 5.15 Å².